The van der Waals surface area contributed by atoms with Crippen molar-refractivity contribution in [2.75, 3.05) is 5.75 Å². The molecule has 2 aromatic heterocycles. The summed E-state index contributed by atoms with van der Waals surface area (Å²) in [6.45, 7) is 3.42. The Bertz CT molecular complexity index is 1500. The van der Waals surface area contributed by atoms with Gasteiger partial charge in [0.15, 0.2) is 5.58 Å². The molecule has 14 heteroatoms. The normalized spacial score (nSPS) is 13.3. The van der Waals surface area contributed by atoms with Gasteiger partial charge in [-0.15, -0.1) is 11.8 Å². The fourth-order valence-corrected chi connectivity index (χ4v) is 5.04. The second-order valence-electron chi connectivity index (χ2n) is 7.05. The summed E-state index contributed by atoms with van der Waals surface area (Å²) in [5.74, 6) is -0.595. The van der Waals surface area contributed by atoms with Gasteiger partial charge in [-0.25, -0.2) is 18.4 Å². The van der Waals surface area contributed by atoms with Crippen LogP contribution < -0.4 is 0 Å². The molecule has 0 fully saturated rings. The number of imidazole rings is 1. The first-order valence-electron chi connectivity index (χ1n) is 9.74. The van der Waals surface area contributed by atoms with Gasteiger partial charge in [-0.05, 0) is 43.0 Å². The van der Waals surface area contributed by atoms with Crippen molar-refractivity contribution in [2.45, 2.75) is 41.9 Å². The molecule has 0 spiro atoms. The molecule has 0 aliphatic heterocycles. The predicted octanol–water partition coefficient (Wildman–Crippen LogP) is 6.29. The highest BCUT2D eigenvalue weighted by molar-refractivity contribution is 7.99. The highest BCUT2D eigenvalue weighted by atomic mass is 32.2. The van der Waals surface area contributed by atoms with E-state index in [1.807, 2.05) is 6.92 Å². The minimum Gasteiger partial charge on any atom is -0.436 e. The molecule has 0 N–H and O–H groups in total. The Morgan fingerprint density at radius 3 is 2.29 bits per heavy atom. The van der Waals surface area contributed by atoms with E-state index in [1.54, 1.807) is 6.92 Å². The zero-order valence-electron chi connectivity index (χ0n) is 17.5. The number of nitrogens with zero attached hydrogens (tertiary/aromatic N) is 3. The van der Waals surface area contributed by atoms with E-state index in [4.69, 9.17) is 4.42 Å². The van der Waals surface area contributed by atoms with Crippen LogP contribution in [0.2, 0.25) is 0 Å². The van der Waals surface area contributed by atoms with E-state index in [2.05, 4.69) is 9.97 Å². The van der Waals surface area contributed by atoms with Gasteiger partial charge in [0.2, 0.25) is 11.7 Å². The minimum atomic E-state index is -5.59. The SMILES string of the molecule is CCSc1cc2c(cc1-c1nc3cc(S(=O)(=O)C(F)(F)F)ccc3o1)nc(C(F)(F)F)n2CC. The summed E-state index contributed by atoms with van der Waals surface area (Å²) in [5, 5.41) is 0. The Hall–Kier alpha value is -2.74. The number of rotatable bonds is 5. The van der Waals surface area contributed by atoms with Crippen LogP contribution in [0.25, 0.3) is 33.6 Å². The second-order valence-corrected chi connectivity index (χ2v) is 10.3. The van der Waals surface area contributed by atoms with E-state index >= 15 is 0 Å². The van der Waals surface area contributed by atoms with E-state index in [0.29, 0.717) is 10.6 Å². The summed E-state index contributed by atoms with van der Waals surface area (Å²) >= 11 is 1.30. The van der Waals surface area contributed by atoms with E-state index in [9.17, 15) is 34.8 Å². The number of alkyl halides is 6. The molecule has 0 aliphatic rings. The van der Waals surface area contributed by atoms with Crippen LogP contribution in [0.15, 0.2) is 44.5 Å². The van der Waals surface area contributed by atoms with Gasteiger partial charge in [0.05, 0.1) is 21.5 Å². The van der Waals surface area contributed by atoms with Gasteiger partial charge in [-0.3, -0.25) is 0 Å². The fraction of sp³-hybridized carbons (Fsp3) is 0.300. The molecule has 4 rings (SSSR count). The van der Waals surface area contributed by atoms with Crippen LogP contribution in [-0.2, 0) is 22.6 Å². The van der Waals surface area contributed by atoms with Crippen molar-refractivity contribution < 1.29 is 39.2 Å². The average molecular weight is 523 g/mol. The van der Waals surface area contributed by atoms with E-state index in [0.717, 1.165) is 22.8 Å². The van der Waals surface area contributed by atoms with Crippen LogP contribution in [0, 0.1) is 0 Å². The first-order valence-corrected chi connectivity index (χ1v) is 12.2. The molecule has 0 saturated heterocycles. The van der Waals surface area contributed by atoms with Crippen LogP contribution in [0.5, 0.6) is 0 Å². The van der Waals surface area contributed by atoms with Crippen LogP contribution in [0.1, 0.15) is 19.7 Å². The summed E-state index contributed by atoms with van der Waals surface area (Å²) in [5.41, 5.74) is -5.05. The number of aromatic nitrogens is 3. The van der Waals surface area contributed by atoms with Gasteiger partial charge in [0.1, 0.15) is 5.52 Å². The van der Waals surface area contributed by atoms with Gasteiger partial charge in [-0.1, -0.05) is 6.92 Å². The maximum absolute atomic E-state index is 13.5. The quantitative estimate of drug-likeness (QED) is 0.226. The second kappa shape index (κ2) is 8.18. The van der Waals surface area contributed by atoms with Gasteiger partial charge in [0.25, 0.3) is 9.84 Å². The minimum absolute atomic E-state index is 0.0127. The number of sulfone groups is 1. The smallest absolute Gasteiger partial charge is 0.436 e. The van der Waals surface area contributed by atoms with Crippen LogP contribution in [-0.4, -0.2) is 34.2 Å². The number of aryl methyl sites for hydroxylation is 1. The van der Waals surface area contributed by atoms with Gasteiger partial charge in [0, 0.05) is 11.4 Å². The molecular weight excluding hydrogens is 508 g/mol. The highest BCUT2D eigenvalue weighted by Crippen LogP contribution is 2.39. The molecule has 2 heterocycles. The molecule has 6 nitrogen and oxygen atoms in total. The molecule has 0 unspecified atom stereocenters. The van der Waals surface area contributed by atoms with Crippen molar-refractivity contribution in [1.82, 2.24) is 14.5 Å². The van der Waals surface area contributed by atoms with Crippen LogP contribution in [0.3, 0.4) is 0 Å². The summed E-state index contributed by atoms with van der Waals surface area (Å²) in [6.07, 6.45) is -4.68. The third-order valence-corrected chi connectivity index (χ3v) is 7.35. The lowest BCUT2D eigenvalue weighted by Crippen LogP contribution is -2.23. The maximum Gasteiger partial charge on any atom is 0.501 e. The summed E-state index contributed by atoms with van der Waals surface area (Å²) in [4.78, 5) is 7.37. The van der Waals surface area contributed by atoms with Gasteiger partial charge < -0.3 is 8.98 Å². The number of benzene rings is 2. The Morgan fingerprint density at radius 2 is 1.71 bits per heavy atom. The predicted molar refractivity (Wildman–Crippen MR) is 113 cm³/mol. The molecule has 182 valence electrons. The molecule has 0 amide bonds. The van der Waals surface area contributed by atoms with E-state index in [-0.39, 0.29) is 40.1 Å². The largest absolute Gasteiger partial charge is 0.501 e. The third kappa shape index (κ3) is 4.02. The van der Waals surface area contributed by atoms with E-state index in [1.165, 1.54) is 23.9 Å². The van der Waals surface area contributed by atoms with Gasteiger partial charge in [-0.2, -0.15) is 26.3 Å². The number of thioether (sulfide) groups is 1. The Morgan fingerprint density at radius 1 is 1.00 bits per heavy atom. The zero-order chi connectivity index (χ0) is 25.1. The lowest BCUT2D eigenvalue weighted by molar-refractivity contribution is -0.146. The molecule has 0 aliphatic carbocycles. The highest BCUT2D eigenvalue weighted by Gasteiger charge is 2.47. The molecule has 4 aromatic rings. The standard InChI is InChI=1S/C20H15F6N3O3S2/c1-3-29-14-9-16(33-4-2)11(8-12(14)28-18(29)19(21,22)23)17-27-13-7-10(5-6-15(13)32-17)34(30,31)20(24,25)26/h5-9H,3-4H2,1-2H3. The topological polar surface area (TPSA) is 78.0 Å². The summed E-state index contributed by atoms with van der Waals surface area (Å²) < 4.78 is 109. The van der Waals surface area contributed by atoms with Crippen LogP contribution in [0.4, 0.5) is 26.3 Å². The maximum atomic E-state index is 13.5. The number of halogens is 6. The fourth-order valence-electron chi connectivity index (χ4n) is 3.45. The van der Waals surface area contributed by atoms with Crippen molar-refractivity contribution in [1.29, 1.82) is 0 Å². The Balaban J connectivity index is 1.91. The lowest BCUT2D eigenvalue weighted by Gasteiger charge is -2.10. The molecule has 34 heavy (non-hydrogen) atoms. The molecular formula is C20H15F6N3O3S2. The monoisotopic (exact) mass is 523 g/mol. The van der Waals surface area contributed by atoms with Crippen LogP contribution >= 0.6 is 11.8 Å². The molecule has 0 saturated carbocycles. The van der Waals surface area contributed by atoms with Crippen molar-refractivity contribution in [3.8, 4) is 11.5 Å². The zero-order valence-corrected chi connectivity index (χ0v) is 19.1. The van der Waals surface area contributed by atoms with Crippen molar-refractivity contribution in [3.05, 3.63) is 36.2 Å². The Labute approximate surface area is 192 Å². The van der Waals surface area contributed by atoms with E-state index < -0.39 is 32.2 Å². The number of fused-ring (bicyclic) bond motifs is 2. The summed E-state index contributed by atoms with van der Waals surface area (Å²) in [7, 11) is -5.59. The molecule has 0 bridgehead atoms. The Kier molecular flexibility index (Phi) is 5.87. The van der Waals surface area contributed by atoms with Gasteiger partial charge >= 0.3 is 11.7 Å². The van der Waals surface area contributed by atoms with Crippen molar-refractivity contribution in [2.24, 2.45) is 0 Å². The number of oxazole rings is 1. The third-order valence-electron chi connectivity index (χ3n) is 4.92. The lowest BCUT2D eigenvalue weighted by atomic mass is 10.2. The first-order chi connectivity index (χ1) is 15.8. The summed E-state index contributed by atoms with van der Waals surface area (Å²) in [6, 6.07) is 5.43. The molecule has 0 radical (unpaired) electrons. The number of hydrogen-bond acceptors (Lipinski definition) is 6. The first kappa shape index (κ1) is 24.4. The molecule has 0 atom stereocenters. The molecule has 2 aromatic carbocycles. The van der Waals surface area contributed by atoms with Crippen molar-refractivity contribution in [3.63, 3.8) is 0 Å². The number of hydrogen-bond donors (Lipinski definition) is 0. The average Bonchev–Trinajstić information content (AvgIpc) is 3.32. The van der Waals surface area contributed by atoms with Crippen molar-refractivity contribution >= 4 is 43.7 Å².